The lowest BCUT2D eigenvalue weighted by Gasteiger charge is -2.29. The van der Waals surface area contributed by atoms with Crippen molar-refractivity contribution in [1.29, 1.82) is 0 Å². The molecule has 1 aromatic rings. The van der Waals surface area contributed by atoms with Crippen molar-refractivity contribution in [3.8, 4) is 11.5 Å². The van der Waals surface area contributed by atoms with Crippen molar-refractivity contribution in [2.45, 2.75) is 58.0 Å². The summed E-state index contributed by atoms with van der Waals surface area (Å²) in [7, 11) is 1.55. The fourth-order valence-electron chi connectivity index (χ4n) is 3.48. The van der Waals surface area contributed by atoms with Gasteiger partial charge in [-0.25, -0.2) is 0 Å². The number of amides is 1. The van der Waals surface area contributed by atoms with Gasteiger partial charge in [0.1, 0.15) is 0 Å². The molecule has 25 heavy (non-hydrogen) atoms. The Hall–Kier alpha value is -1.46. The Morgan fingerprint density at radius 2 is 2.04 bits per heavy atom. The number of ether oxygens (including phenoxy) is 2. The van der Waals surface area contributed by atoms with Gasteiger partial charge in [0.05, 0.1) is 12.1 Å². The molecule has 0 saturated heterocycles. The van der Waals surface area contributed by atoms with Gasteiger partial charge in [0.2, 0.25) is 0 Å². The molecule has 0 atom stereocenters. The normalized spacial score (nSPS) is 20.3. The largest absolute Gasteiger partial charge is 0.493 e. The summed E-state index contributed by atoms with van der Waals surface area (Å²) >= 11 is 6.29. The smallest absolute Gasteiger partial charge is 0.255 e. The van der Waals surface area contributed by atoms with Crippen molar-refractivity contribution < 1.29 is 14.3 Å². The predicted octanol–water partition coefficient (Wildman–Crippen LogP) is 3.66. The van der Waals surface area contributed by atoms with Crippen LogP contribution in [0.4, 0.5) is 0 Å². The maximum atomic E-state index is 10.9. The summed E-state index contributed by atoms with van der Waals surface area (Å²) in [6.07, 6.45) is 7.73. The van der Waals surface area contributed by atoms with Gasteiger partial charge in [0.15, 0.2) is 18.1 Å². The second kappa shape index (κ2) is 9.88. The lowest BCUT2D eigenvalue weighted by molar-refractivity contribution is -0.119. The molecule has 140 valence electrons. The van der Waals surface area contributed by atoms with Crippen LogP contribution in [0.3, 0.4) is 0 Å². The van der Waals surface area contributed by atoms with Gasteiger partial charge < -0.3 is 20.5 Å². The first-order valence-corrected chi connectivity index (χ1v) is 9.42. The zero-order valence-corrected chi connectivity index (χ0v) is 15.9. The Morgan fingerprint density at radius 3 is 2.64 bits per heavy atom. The van der Waals surface area contributed by atoms with E-state index >= 15 is 0 Å². The first-order valence-electron chi connectivity index (χ1n) is 9.04. The van der Waals surface area contributed by atoms with Crippen molar-refractivity contribution in [1.82, 2.24) is 5.32 Å². The van der Waals surface area contributed by atoms with Crippen LogP contribution in [-0.4, -0.2) is 25.7 Å². The Morgan fingerprint density at radius 1 is 1.32 bits per heavy atom. The molecular weight excluding hydrogens is 340 g/mol. The van der Waals surface area contributed by atoms with Crippen LogP contribution < -0.4 is 20.5 Å². The number of nitrogens with one attached hydrogen (secondary N) is 1. The molecule has 0 bridgehead atoms. The SMILES string of the molecule is CCCC1CCC(NCc2cc(Cl)c(OCC(N)=O)c(OC)c2)CC1. The highest BCUT2D eigenvalue weighted by molar-refractivity contribution is 6.32. The molecule has 0 heterocycles. The Bertz CT molecular complexity index is 572. The summed E-state index contributed by atoms with van der Waals surface area (Å²) in [4.78, 5) is 10.9. The Labute approximate surface area is 155 Å². The van der Waals surface area contributed by atoms with Crippen LogP contribution in [0.2, 0.25) is 5.02 Å². The number of benzene rings is 1. The van der Waals surface area contributed by atoms with E-state index in [0.717, 1.165) is 18.0 Å². The van der Waals surface area contributed by atoms with Crippen LogP contribution in [0.25, 0.3) is 0 Å². The monoisotopic (exact) mass is 368 g/mol. The second-order valence-corrected chi connectivity index (χ2v) is 7.16. The van der Waals surface area contributed by atoms with E-state index in [2.05, 4.69) is 12.2 Å². The lowest BCUT2D eigenvalue weighted by Crippen LogP contribution is -2.32. The number of methoxy groups -OCH3 is 1. The van der Waals surface area contributed by atoms with Gasteiger partial charge in [-0.15, -0.1) is 0 Å². The van der Waals surface area contributed by atoms with Crippen LogP contribution in [0.15, 0.2) is 12.1 Å². The number of primary amides is 1. The standard InChI is InChI=1S/C19H29ClN2O3/c1-3-4-13-5-7-15(8-6-13)22-11-14-9-16(20)19(17(10-14)24-2)25-12-18(21)23/h9-10,13,15,22H,3-8,11-12H2,1-2H3,(H2,21,23). The molecule has 5 nitrogen and oxygen atoms in total. The van der Waals surface area contributed by atoms with E-state index in [1.165, 1.54) is 38.5 Å². The number of carbonyl (C=O) groups excluding carboxylic acids is 1. The highest BCUT2D eigenvalue weighted by Gasteiger charge is 2.20. The van der Waals surface area contributed by atoms with Gasteiger partial charge in [-0.1, -0.05) is 31.4 Å². The zero-order chi connectivity index (χ0) is 18.2. The van der Waals surface area contributed by atoms with Crippen LogP contribution in [0, 0.1) is 5.92 Å². The van der Waals surface area contributed by atoms with Gasteiger partial charge in [-0.05, 0) is 49.3 Å². The molecule has 1 saturated carbocycles. The van der Waals surface area contributed by atoms with E-state index in [0.29, 0.717) is 22.6 Å². The summed E-state index contributed by atoms with van der Waals surface area (Å²) in [6.45, 7) is 2.77. The van der Waals surface area contributed by atoms with Crippen molar-refractivity contribution >= 4 is 17.5 Å². The summed E-state index contributed by atoms with van der Waals surface area (Å²) < 4.78 is 10.7. The summed E-state index contributed by atoms with van der Waals surface area (Å²) in [6, 6.07) is 4.29. The molecule has 0 aliphatic heterocycles. The maximum Gasteiger partial charge on any atom is 0.255 e. The highest BCUT2D eigenvalue weighted by Crippen LogP contribution is 2.36. The molecule has 0 unspecified atom stereocenters. The average Bonchev–Trinajstić information content (AvgIpc) is 2.59. The van der Waals surface area contributed by atoms with Gasteiger partial charge in [0.25, 0.3) is 5.91 Å². The van der Waals surface area contributed by atoms with Crippen molar-refractivity contribution in [3.05, 3.63) is 22.7 Å². The van der Waals surface area contributed by atoms with Crippen LogP contribution >= 0.6 is 11.6 Å². The Balaban J connectivity index is 1.92. The third-order valence-electron chi connectivity index (χ3n) is 4.79. The molecule has 1 fully saturated rings. The topological polar surface area (TPSA) is 73.6 Å². The van der Waals surface area contributed by atoms with E-state index in [1.54, 1.807) is 7.11 Å². The average molecular weight is 369 g/mol. The van der Waals surface area contributed by atoms with Gasteiger partial charge >= 0.3 is 0 Å². The number of hydrogen-bond acceptors (Lipinski definition) is 4. The van der Waals surface area contributed by atoms with Crippen LogP contribution in [0.5, 0.6) is 11.5 Å². The van der Waals surface area contributed by atoms with Crippen molar-refractivity contribution in [2.75, 3.05) is 13.7 Å². The highest BCUT2D eigenvalue weighted by atomic mass is 35.5. The van der Waals surface area contributed by atoms with Crippen molar-refractivity contribution in [3.63, 3.8) is 0 Å². The molecule has 1 aromatic carbocycles. The van der Waals surface area contributed by atoms with Crippen LogP contribution in [-0.2, 0) is 11.3 Å². The Kier molecular flexibility index (Phi) is 7.85. The van der Waals surface area contributed by atoms with E-state index in [9.17, 15) is 4.79 Å². The first kappa shape index (κ1) is 19.9. The minimum absolute atomic E-state index is 0.228. The molecule has 2 rings (SSSR count). The summed E-state index contributed by atoms with van der Waals surface area (Å²) in [5.41, 5.74) is 6.14. The number of hydrogen-bond donors (Lipinski definition) is 2. The summed E-state index contributed by atoms with van der Waals surface area (Å²) in [5, 5.41) is 4.04. The molecule has 1 aliphatic rings. The predicted molar refractivity (Wildman–Crippen MR) is 100 cm³/mol. The van der Waals surface area contributed by atoms with Gasteiger partial charge in [-0.3, -0.25) is 4.79 Å². The molecule has 0 radical (unpaired) electrons. The number of halogens is 1. The van der Waals surface area contributed by atoms with Gasteiger partial charge in [-0.2, -0.15) is 0 Å². The lowest BCUT2D eigenvalue weighted by atomic mass is 9.83. The fourth-order valence-corrected chi connectivity index (χ4v) is 3.77. The summed E-state index contributed by atoms with van der Waals surface area (Å²) in [5.74, 6) is 1.21. The molecule has 3 N–H and O–H groups in total. The molecular formula is C19H29ClN2O3. The fraction of sp³-hybridized carbons (Fsp3) is 0.632. The van der Waals surface area contributed by atoms with Crippen molar-refractivity contribution in [2.24, 2.45) is 11.7 Å². The second-order valence-electron chi connectivity index (χ2n) is 6.75. The first-order chi connectivity index (χ1) is 12.0. The molecule has 0 spiro atoms. The number of carbonyl (C=O) groups is 1. The quantitative estimate of drug-likeness (QED) is 0.697. The molecule has 6 heteroatoms. The number of nitrogens with two attached hydrogens (primary N) is 1. The minimum atomic E-state index is -0.553. The third-order valence-corrected chi connectivity index (χ3v) is 5.07. The third kappa shape index (κ3) is 6.08. The molecule has 0 aromatic heterocycles. The van der Waals surface area contributed by atoms with Gasteiger partial charge in [0, 0.05) is 12.6 Å². The number of rotatable bonds is 9. The van der Waals surface area contributed by atoms with E-state index in [4.69, 9.17) is 26.8 Å². The van der Waals surface area contributed by atoms with E-state index in [1.807, 2.05) is 12.1 Å². The zero-order valence-electron chi connectivity index (χ0n) is 15.1. The molecule has 1 amide bonds. The maximum absolute atomic E-state index is 10.9. The van der Waals surface area contributed by atoms with E-state index < -0.39 is 5.91 Å². The molecule has 1 aliphatic carbocycles. The van der Waals surface area contributed by atoms with Crippen LogP contribution in [0.1, 0.15) is 51.0 Å². The van der Waals surface area contributed by atoms with E-state index in [-0.39, 0.29) is 6.61 Å². The minimum Gasteiger partial charge on any atom is -0.493 e.